The number of benzene rings is 2. The van der Waals surface area contributed by atoms with Gasteiger partial charge in [-0.25, -0.2) is 4.79 Å². The zero-order valence-electron chi connectivity index (χ0n) is 19.2. The monoisotopic (exact) mass is 466 g/mol. The molecule has 8 heteroatoms. The molecule has 2 amide bonds. The highest BCUT2D eigenvalue weighted by Crippen LogP contribution is 2.44. The Morgan fingerprint density at radius 1 is 1.03 bits per heavy atom. The summed E-state index contributed by atoms with van der Waals surface area (Å²) in [5.74, 6) is -1.41. The molecule has 1 atom stereocenters. The van der Waals surface area contributed by atoms with Crippen molar-refractivity contribution < 1.29 is 29.0 Å². The second-order valence-corrected chi connectivity index (χ2v) is 8.70. The van der Waals surface area contributed by atoms with Crippen LogP contribution in [0.15, 0.2) is 48.5 Å². The topological polar surface area (TPSA) is 105 Å². The van der Waals surface area contributed by atoms with Crippen molar-refractivity contribution in [3.05, 3.63) is 59.7 Å². The fraction of sp³-hybridized carbons (Fsp3) is 0.423. The summed E-state index contributed by atoms with van der Waals surface area (Å²) in [7, 11) is 1.46. The maximum atomic E-state index is 12.7. The Morgan fingerprint density at radius 3 is 2.18 bits per heavy atom. The SMILES string of the molecule is COC(CCNC(=O)OCC1c2ccccc2-c2ccccc21)C(=O)N1CCC(C(=O)O)CC1. The summed E-state index contributed by atoms with van der Waals surface area (Å²) >= 11 is 0. The molecule has 180 valence electrons. The molecular weight excluding hydrogens is 436 g/mol. The third kappa shape index (κ3) is 5.07. The molecule has 0 spiro atoms. The Labute approximate surface area is 198 Å². The fourth-order valence-corrected chi connectivity index (χ4v) is 4.85. The predicted octanol–water partition coefficient (Wildman–Crippen LogP) is 3.25. The Balaban J connectivity index is 1.24. The number of hydrogen-bond donors (Lipinski definition) is 2. The number of rotatable bonds is 8. The van der Waals surface area contributed by atoms with Crippen LogP contribution in [0, 0.1) is 5.92 Å². The number of hydrogen-bond acceptors (Lipinski definition) is 5. The number of fused-ring (bicyclic) bond motifs is 3. The van der Waals surface area contributed by atoms with Gasteiger partial charge in [0.25, 0.3) is 5.91 Å². The van der Waals surface area contributed by atoms with Gasteiger partial charge in [-0.2, -0.15) is 0 Å². The summed E-state index contributed by atoms with van der Waals surface area (Å²) in [5, 5.41) is 11.8. The number of aliphatic carboxylic acids is 1. The number of carbonyl (C=O) groups excluding carboxylic acids is 2. The first-order valence-electron chi connectivity index (χ1n) is 11.6. The van der Waals surface area contributed by atoms with Crippen molar-refractivity contribution in [2.45, 2.75) is 31.3 Å². The Kier molecular flexibility index (Phi) is 7.47. The highest BCUT2D eigenvalue weighted by molar-refractivity contribution is 5.81. The molecule has 4 rings (SSSR count). The molecule has 1 aliphatic carbocycles. The molecule has 0 bridgehead atoms. The first-order chi connectivity index (χ1) is 16.5. The van der Waals surface area contributed by atoms with Crippen LogP contribution in [-0.2, 0) is 19.1 Å². The normalized spacial score (nSPS) is 16.4. The first-order valence-corrected chi connectivity index (χ1v) is 11.6. The number of ether oxygens (including phenoxy) is 2. The molecular formula is C26H30N2O6. The van der Waals surface area contributed by atoms with E-state index in [1.807, 2.05) is 24.3 Å². The summed E-state index contributed by atoms with van der Waals surface area (Å²) in [5.41, 5.74) is 4.63. The number of carboxylic acid groups (broad SMARTS) is 1. The average Bonchev–Trinajstić information content (AvgIpc) is 3.19. The lowest BCUT2D eigenvalue weighted by Gasteiger charge is -2.32. The van der Waals surface area contributed by atoms with Gasteiger partial charge in [0, 0.05) is 39.1 Å². The van der Waals surface area contributed by atoms with Crippen molar-refractivity contribution in [2.75, 3.05) is 33.4 Å². The summed E-state index contributed by atoms with van der Waals surface area (Å²) in [6.07, 6.45) is -0.0506. The number of piperidine rings is 1. The van der Waals surface area contributed by atoms with E-state index in [-0.39, 0.29) is 25.0 Å². The highest BCUT2D eigenvalue weighted by Gasteiger charge is 2.31. The number of amides is 2. The minimum atomic E-state index is -0.817. The van der Waals surface area contributed by atoms with Crippen LogP contribution in [0.2, 0.25) is 0 Å². The minimum Gasteiger partial charge on any atom is -0.481 e. The van der Waals surface area contributed by atoms with Gasteiger partial charge in [0.2, 0.25) is 0 Å². The minimum absolute atomic E-state index is 0.0137. The van der Waals surface area contributed by atoms with Crippen LogP contribution in [0.25, 0.3) is 11.1 Å². The molecule has 2 N–H and O–H groups in total. The van der Waals surface area contributed by atoms with Gasteiger partial charge in [0.05, 0.1) is 5.92 Å². The molecule has 1 heterocycles. The zero-order chi connectivity index (χ0) is 24.1. The largest absolute Gasteiger partial charge is 0.481 e. The van der Waals surface area contributed by atoms with E-state index in [4.69, 9.17) is 14.6 Å². The van der Waals surface area contributed by atoms with Gasteiger partial charge in [0.1, 0.15) is 12.7 Å². The van der Waals surface area contributed by atoms with Gasteiger partial charge in [-0.3, -0.25) is 9.59 Å². The lowest BCUT2D eigenvalue weighted by molar-refractivity contribution is -0.149. The quantitative estimate of drug-likeness (QED) is 0.619. The van der Waals surface area contributed by atoms with E-state index >= 15 is 0 Å². The second kappa shape index (κ2) is 10.7. The smallest absolute Gasteiger partial charge is 0.407 e. The molecule has 2 aliphatic rings. The van der Waals surface area contributed by atoms with Crippen LogP contribution >= 0.6 is 0 Å². The van der Waals surface area contributed by atoms with Crippen molar-refractivity contribution in [1.82, 2.24) is 10.2 Å². The summed E-state index contributed by atoms with van der Waals surface area (Å²) < 4.78 is 10.9. The van der Waals surface area contributed by atoms with Gasteiger partial charge in [-0.05, 0) is 35.1 Å². The van der Waals surface area contributed by atoms with E-state index in [2.05, 4.69) is 29.6 Å². The van der Waals surface area contributed by atoms with Crippen molar-refractivity contribution in [1.29, 1.82) is 0 Å². The number of methoxy groups -OCH3 is 1. The molecule has 0 saturated carbocycles. The van der Waals surface area contributed by atoms with Crippen LogP contribution < -0.4 is 5.32 Å². The standard InChI is InChI=1S/C26H30N2O6/c1-33-23(24(29)28-14-11-17(12-15-28)25(30)31)10-13-27-26(32)34-16-22-20-8-4-2-6-18(20)19-7-3-5-9-21(19)22/h2-9,17,22-23H,10-16H2,1H3,(H,27,32)(H,30,31). The molecule has 0 radical (unpaired) electrons. The summed E-state index contributed by atoms with van der Waals surface area (Å²) in [6.45, 7) is 1.25. The lowest BCUT2D eigenvalue weighted by Crippen LogP contribution is -2.46. The molecule has 1 unspecified atom stereocenters. The van der Waals surface area contributed by atoms with Crippen LogP contribution in [0.1, 0.15) is 36.3 Å². The number of carboxylic acids is 1. The van der Waals surface area contributed by atoms with E-state index < -0.39 is 24.1 Å². The molecule has 2 aromatic rings. The van der Waals surface area contributed by atoms with Gasteiger partial charge < -0.3 is 24.8 Å². The van der Waals surface area contributed by atoms with Gasteiger partial charge in [0.15, 0.2) is 0 Å². The van der Waals surface area contributed by atoms with Crippen molar-refractivity contribution in [2.24, 2.45) is 5.92 Å². The van der Waals surface area contributed by atoms with Crippen LogP contribution in [0.3, 0.4) is 0 Å². The number of alkyl carbamates (subject to hydrolysis) is 1. The molecule has 0 aromatic heterocycles. The van der Waals surface area contributed by atoms with Gasteiger partial charge in [-0.1, -0.05) is 48.5 Å². The van der Waals surface area contributed by atoms with Crippen LogP contribution in [0.5, 0.6) is 0 Å². The zero-order valence-corrected chi connectivity index (χ0v) is 19.2. The number of nitrogens with one attached hydrogen (secondary N) is 1. The van der Waals surface area contributed by atoms with E-state index in [9.17, 15) is 14.4 Å². The van der Waals surface area contributed by atoms with E-state index in [0.29, 0.717) is 32.4 Å². The average molecular weight is 467 g/mol. The molecule has 1 saturated heterocycles. The van der Waals surface area contributed by atoms with Crippen LogP contribution in [0.4, 0.5) is 4.79 Å². The highest BCUT2D eigenvalue weighted by atomic mass is 16.5. The maximum Gasteiger partial charge on any atom is 0.407 e. The second-order valence-electron chi connectivity index (χ2n) is 8.70. The Bertz CT molecular complexity index is 1000. The molecule has 1 aliphatic heterocycles. The lowest BCUT2D eigenvalue weighted by atomic mass is 9.96. The van der Waals surface area contributed by atoms with E-state index in [1.54, 1.807) is 4.90 Å². The number of nitrogens with zero attached hydrogens (tertiary/aromatic N) is 1. The van der Waals surface area contributed by atoms with Gasteiger partial charge >= 0.3 is 12.1 Å². The summed E-state index contributed by atoms with van der Waals surface area (Å²) in [4.78, 5) is 37.8. The Morgan fingerprint density at radius 2 is 1.62 bits per heavy atom. The third-order valence-corrected chi connectivity index (χ3v) is 6.74. The molecule has 1 fully saturated rings. The molecule has 2 aromatic carbocycles. The van der Waals surface area contributed by atoms with E-state index in [0.717, 1.165) is 11.1 Å². The Hall–Kier alpha value is -3.39. The van der Waals surface area contributed by atoms with Crippen molar-refractivity contribution >= 4 is 18.0 Å². The summed E-state index contributed by atoms with van der Waals surface area (Å²) in [6, 6.07) is 16.3. The molecule has 8 nitrogen and oxygen atoms in total. The van der Waals surface area contributed by atoms with Gasteiger partial charge in [-0.15, -0.1) is 0 Å². The molecule has 34 heavy (non-hydrogen) atoms. The van der Waals surface area contributed by atoms with E-state index in [1.165, 1.54) is 18.2 Å². The fourth-order valence-electron chi connectivity index (χ4n) is 4.85. The van der Waals surface area contributed by atoms with Crippen LogP contribution in [-0.4, -0.2) is 67.4 Å². The van der Waals surface area contributed by atoms with Crippen molar-refractivity contribution in [3.8, 4) is 11.1 Å². The van der Waals surface area contributed by atoms with Crippen molar-refractivity contribution in [3.63, 3.8) is 0 Å². The first kappa shape index (κ1) is 23.8. The number of likely N-dealkylation sites (tertiary alicyclic amines) is 1. The predicted molar refractivity (Wildman–Crippen MR) is 125 cm³/mol. The third-order valence-electron chi connectivity index (χ3n) is 6.74. The number of carbonyl (C=O) groups is 3. The maximum absolute atomic E-state index is 12.7.